The van der Waals surface area contributed by atoms with E-state index in [2.05, 4.69) is 20.1 Å². The second kappa shape index (κ2) is 10.3. The number of thiazole rings is 1. The highest BCUT2D eigenvalue weighted by atomic mass is 32.2. The Kier molecular flexibility index (Phi) is 7.81. The molecule has 8 nitrogen and oxygen atoms in total. The van der Waals surface area contributed by atoms with Crippen molar-refractivity contribution in [2.75, 3.05) is 56.0 Å². The minimum Gasteiger partial charge on any atom is -0.347 e. The largest absolute Gasteiger partial charge is 0.347 e. The van der Waals surface area contributed by atoms with Crippen molar-refractivity contribution >= 4 is 38.1 Å². The van der Waals surface area contributed by atoms with Gasteiger partial charge >= 0.3 is 0 Å². The molecule has 3 rings (SSSR count). The summed E-state index contributed by atoms with van der Waals surface area (Å²) >= 11 is 1.63. The van der Waals surface area contributed by atoms with Gasteiger partial charge in [0.25, 0.3) is 0 Å². The first kappa shape index (κ1) is 22.7. The van der Waals surface area contributed by atoms with Gasteiger partial charge in [0.15, 0.2) is 5.13 Å². The minimum absolute atomic E-state index is 0.143. The summed E-state index contributed by atoms with van der Waals surface area (Å²) in [6.45, 7) is 8.08. The van der Waals surface area contributed by atoms with E-state index in [4.69, 9.17) is 0 Å². The molecule has 1 saturated heterocycles. The summed E-state index contributed by atoms with van der Waals surface area (Å²) < 4.78 is 26.8. The summed E-state index contributed by atoms with van der Waals surface area (Å²) in [4.78, 5) is 21.5. The molecule has 1 aromatic carbocycles. The van der Waals surface area contributed by atoms with Gasteiger partial charge in [0, 0.05) is 56.5 Å². The van der Waals surface area contributed by atoms with Gasteiger partial charge in [-0.05, 0) is 24.6 Å². The maximum atomic E-state index is 12.7. The summed E-state index contributed by atoms with van der Waals surface area (Å²) in [6.07, 6.45) is 2.77. The van der Waals surface area contributed by atoms with Crippen molar-refractivity contribution in [2.45, 2.75) is 25.2 Å². The van der Waals surface area contributed by atoms with Crippen LogP contribution in [0.15, 0.2) is 40.7 Å². The molecule has 1 aliphatic heterocycles. The Bertz CT molecular complexity index is 930. The van der Waals surface area contributed by atoms with Crippen molar-refractivity contribution in [2.24, 2.45) is 0 Å². The van der Waals surface area contributed by atoms with Crippen LogP contribution in [0.25, 0.3) is 0 Å². The van der Waals surface area contributed by atoms with Crippen LogP contribution in [0.1, 0.15) is 20.3 Å². The van der Waals surface area contributed by atoms with Gasteiger partial charge in [-0.2, -0.15) is 4.31 Å². The second-order valence-corrected chi connectivity index (χ2v) is 9.91. The van der Waals surface area contributed by atoms with Gasteiger partial charge in [0.2, 0.25) is 15.9 Å². The maximum absolute atomic E-state index is 12.7. The van der Waals surface area contributed by atoms with Crippen LogP contribution in [0.3, 0.4) is 0 Å². The number of aromatic nitrogens is 1. The van der Waals surface area contributed by atoms with Gasteiger partial charge in [-0.1, -0.05) is 19.9 Å². The second-order valence-electron chi connectivity index (χ2n) is 7.10. The first-order chi connectivity index (χ1) is 14.4. The van der Waals surface area contributed by atoms with E-state index in [1.165, 1.54) is 10.4 Å². The van der Waals surface area contributed by atoms with Gasteiger partial charge in [0.05, 0.1) is 11.4 Å². The van der Waals surface area contributed by atoms with Gasteiger partial charge in [-0.25, -0.2) is 13.4 Å². The number of hydrogen-bond acceptors (Lipinski definition) is 7. The molecule has 2 heterocycles. The molecule has 2 aromatic rings. The van der Waals surface area contributed by atoms with E-state index in [1.54, 1.807) is 29.5 Å². The molecule has 164 valence electrons. The highest BCUT2D eigenvalue weighted by Crippen LogP contribution is 2.20. The first-order valence-electron chi connectivity index (χ1n) is 10.2. The lowest BCUT2D eigenvalue weighted by Crippen LogP contribution is -2.36. The third-order valence-corrected chi connectivity index (χ3v) is 7.98. The molecule has 10 heteroatoms. The number of nitrogens with zero attached hydrogens (tertiary/aromatic N) is 4. The Hall–Kier alpha value is -2.01. The molecule has 1 amide bonds. The van der Waals surface area contributed by atoms with Crippen LogP contribution >= 0.6 is 11.3 Å². The highest BCUT2D eigenvalue weighted by Gasteiger charge is 2.22. The maximum Gasteiger partial charge on any atom is 0.243 e. The van der Waals surface area contributed by atoms with Crippen molar-refractivity contribution in [1.82, 2.24) is 14.2 Å². The lowest BCUT2D eigenvalue weighted by Gasteiger charge is -2.21. The normalized spacial score (nSPS) is 15.9. The van der Waals surface area contributed by atoms with E-state index in [-0.39, 0.29) is 17.3 Å². The SMILES string of the molecule is CCN(CC)S(=O)(=O)c1cccc(NC(=O)CN2CCCN(c3nccs3)CC2)c1. The Balaban J connectivity index is 1.59. The van der Waals surface area contributed by atoms with Crippen LogP contribution in [-0.4, -0.2) is 74.3 Å². The standard InChI is InChI=1S/C20H29N5O3S2/c1-3-25(4-2)30(27,28)18-8-5-7-17(15-18)22-19(26)16-23-10-6-11-24(13-12-23)20-21-9-14-29-20/h5,7-9,14-15H,3-4,6,10-13,16H2,1-2H3,(H,22,26). The molecule has 0 radical (unpaired) electrons. The number of hydrogen-bond donors (Lipinski definition) is 1. The monoisotopic (exact) mass is 451 g/mol. The number of sulfonamides is 1. The smallest absolute Gasteiger partial charge is 0.243 e. The number of rotatable bonds is 8. The zero-order valence-electron chi connectivity index (χ0n) is 17.5. The molecule has 0 bridgehead atoms. The van der Waals surface area contributed by atoms with Crippen molar-refractivity contribution in [1.29, 1.82) is 0 Å². The first-order valence-corrected chi connectivity index (χ1v) is 12.5. The van der Waals surface area contributed by atoms with Crippen LogP contribution in [0.5, 0.6) is 0 Å². The van der Waals surface area contributed by atoms with Gasteiger partial charge in [-0.15, -0.1) is 11.3 Å². The molecular weight excluding hydrogens is 422 g/mol. The van der Waals surface area contributed by atoms with Gasteiger partial charge in [0.1, 0.15) is 0 Å². The van der Waals surface area contributed by atoms with Crippen molar-refractivity contribution < 1.29 is 13.2 Å². The molecule has 0 unspecified atom stereocenters. The fraction of sp³-hybridized carbons (Fsp3) is 0.500. The summed E-state index contributed by atoms with van der Waals surface area (Å²) in [5, 5.41) is 5.84. The Morgan fingerprint density at radius 2 is 2.00 bits per heavy atom. The van der Waals surface area contributed by atoms with E-state index in [0.29, 0.717) is 18.8 Å². The van der Waals surface area contributed by atoms with E-state index in [9.17, 15) is 13.2 Å². The van der Waals surface area contributed by atoms with Crippen molar-refractivity contribution in [3.05, 3.63) is 35.8 Å². The Morgan fingerprint density at radius 3 is 2.70 bits per heavy atom. The predicted molar refractivity (Wildman–Crippen MR) is 121 cm³/mol. The quantitative estimate of drug-likeness (QED) is 0.663. The number of amides is 1. The van der Waals surface area contributed by atoms with E-state index in [0.717, 1.165) is 37.7 Å². The molecule has 1 aromatic heterocycles. The third-order valence-electron chi connectivity index (χ3n) is 5.11. The fourth-order valence-corrected chi connectivity index (χ4v) is 5.74. The van der Waals surface area contributed by atoms with Crippen LogP contribution < -0.4 is 10.2 Å². The van der Waals surface area contributed by atoms with Crippen molar-refractivity contribution in [3.63, 3.8) is 0 Å². The fourth-order valence-electron chi connectivity index (χ4n) is 3.54. The molecule has 0 saturated carbocycles. The van der Waals surface area contributed by atoms with Crippen LogP contribution in [-0.2, 0) is 14.8 Å². The zero-order valence-corrected chi connectivity index (χ0v) is 19.1. The molecule has 1 fully saturated rings. The third kappa shape index (κ3) is 5.57. The number of anilines is 2. The van der Waals surface area contributed by atoms with Gasteiger partial charge < -0.3 is 10.2 Å². The topological polar surface area (TPSA) is 85.8 Å². The van der Waals surface area contributed by atoms with E-state index >= 15 is 0 Å². The summed E-state index contributed by atoms with van der Waals surface area (Å²) in [5.74, 6) is -0.143. The van der Waals surface area contributed by atoms with Crippen molar-refractivity contribution in [3.8, 4) is 0 Å². The minimum atomic E-state index is -3.56. The molecule has 1 aliphatic rings. The van der Waals surface area contributed by atoms with Crippen LogP contribution in [0.4, 0.5) is 10.8 Å². The number of carbonyl (C=O) groups excluding carboxylic acids is 1. The number of carbonyl (C=O) groups is 1. The lowest BCUT2D eigenvalue weighted by atomic mass is 10.3. The molecular formula is C20H29N5O3S2. The molecule has 30 heavy (non-hydrogen) atoms. The summed E-state index contributed by atoms with van der Waals surface area (Å²) in [6, 6.07) is 6.46. The zero-order chi connectivity index (χ0) is 21.6. The predicted octanol–water partition coefficient (Wildman–Crippen LogP) is 2.32. The average molecular weight is 452 g/mol. The van der Waals surface area contributed by atoms with Crippen LogP contribution in [0.2, 0.25) is 0 Å². The lowest BCUT2D eigenvalue weighted by molar-refractivity contribution is -0.117. The molecule has 0 spiro atoms. The molecule has 0 atom stereocenters. The molecule has 0 aliphatic carbocycles. The summed E-state index contributed by atoms with van der Waals surface area (Å²) in [5.41, 5.74) is 0.493. The Labute approximate surface area is 182 Å². The summed E-state index contributed by atoms with van der Waals surface area (Å²) in [7, 11) is -3.56. The number of benzene rings is 1. The van der Waals surface area contributed by atoms with Gasteiger partial charge in [-0.3, -0.25) is 9.69 Å². The average Bonchev–Trinajstić information content (AvgIpc) is 3.16. The van der Waals surface area contributed by atoms with Crippen LogP contribution in [0, 0.1) is 0 Å². The van der Waals surface area contributed by atoms with E-state index < -0.39 is 10.0 Å². The number of nitrogens with one attached hydrogen (secondary N) is 1. The Morgan fingerprint density at radius 1 is 1.20 bits per heavy atom. The molecule has 1 N–H and O–H groups in total. The highest BCUT2D eigenvalue weighted by molar-refractivity contribution is 7.89. The van der Waals surface area contributed by atoms with E-state index in [1.807, 2.05) is 25.4 Å².